The van der Waals surface area contributed by atoms with E-state index in [9.17, 15) is 13.2 Å². The van der Waals surface area contributed by atoms with E-state index in [1.165, 1.54) is 6.26 Å². The molecule has 1 aliphatic rings. The molecule has 1 saturated heterocycles. The summed E-state index contributed by atoms with van der Waals surface area (Å²) in [6.45, 7) is 10.4. The molecule has 2 aromatic carbocycles. The Morgan fingerprint density at radius 3 is 2.50 bits per heavy atom. The number of nitrogens with one attached hydrogen (secondary N) is 3. The second-order valence-corrected chi connectivity index (χ2v) is 12.4. The summed E-state index contributed by atoms with van der Waals surface area (Å²) in [6, 6.07) is 15.4. The lowest BCUT2D eigenvalue weighted by molar-refractivity contribution is 0.0385. The van der Waals surface area contributed by atoms with Crippen LogP contribution in [-0.4, -0.2) is 63.8 Å². The number of anilines is 1. The zero-order valence-corrected chi connectivity index (χ0v) is 23.6. The molecule has 3 N–H and O–H groups in total. The molecule has 0 spiro atoms. The number of ether oxygens (including phenoxy) is 2. The van der Waals surface area contributed by atoms with Crippen LogP contribution in [0.5, 0.6) is 5.88 Å². The molecule has 2 aromatic heterocycles. The quantitative estimate of drug-likeness (QED) is 0.276. The molecule has 0 unspecified atom stereocenters. The van der Waals surface area contributed by atoms with Crippen molar-refractivity contribution >= 4 is 32.7 Å². The smallest absolute Gasteiger partial charge is 0.413 e. The summed E-state index contributed by atoms with van der Waals surface area (Å²) in [5, 5.41) is 3.42. The Morgan fingerprint density at radius 1 is 1.07 bits per heavy atom. The Morgan fingerprint density at radius 2 is 1.82 bits per heavy atom. The van der Waals surface area contributed by atoms with E-state index in [1.54, 1.807) is 42.5 Å². The third-order valence-electron chi connectivity index (χ3n) is 6.81. The molecule has 40 heavy (non-hydrogen) atoms. The van der Waals surface area contributed by atoms with Crippen molar-refractivity contribution in [1.29, 1.82) is 0 Å². The first-order valence-electron chi connectivity index (χ1n) is 13.2. The second kappa shape index (κ2) is 11.4. The topological polar surface area (TPSA) is 126 Å². The van der Waals surface area contributed by atoms with Gasteiger partial charge in [0.25, 0.3) is 10.0 Å². The second-order valence-electron chi connectivity index (χ2n) is 10.7. The van der Waals surface area contributed by atoms with E-state index in [2.05, 4.69) is 40.7 Å². The van der Waals surface area contributed by atoms with Crippen LogP contribution >= 0.6 is 0 Å². The summed E-state index contributed by atoms with van der Waals surface area (Å²) in [5.74, 6) is 0.673. The first-order chi connectivity index (χ1) is 19.1. The van der Waals surface area contributed by atoms with E-state index in [0.29, 0.717) is 54.2 Å². The van der Waals surface area contributed by atoms with Gasteiger partial charge in [-0.15, -0.1) is 0 Å². The molecular formula is C29H34N4O6S. The number of H-pyrrole nitrogens is 1. The summed E-state index contributed by atoms with van der Waals surface area (Å²) in [5.41, 5.74) is 2.48. The third-order valence-corrected chi connectivity index (χ3v) is 8.21. The highest BCUT2D eigenvalue weighted by molar-refractivity contribution is 7.92. The molecule has 5 rings (SSSR count). The van der Waals surface area contributed by atoms with Crippen LogP contribution in [-0.2, 0) is 20.2 Å². The highest BCUT2D eigenvalue weighted by Gasteiger charge is 2.22. The predicted molar refractivity (Wildman–Crippen MR) is 153 cm³/mol. The highest BCUT2D eigenvalue weighted by atomic mass is 32.2. The lowest BCUT2D eigenvalue weighted by atomic mass is 9.87. The van der Waals surface area contributed by atoms with Gasteiger partial charge in [-0.25, -0.2) is 13.2 Å². The first kappa shape index (κ1) is 27.8. The van der Waals surface area contributed by atoms with E-state index >= 15 is 0 Å². The van der Waals surface area contributed by atoms with Crippen LogP contribution in [0.4, 0.5) is 10.5 Å². The van der Waals surface area contributed by atoms with Gasteiger partial charge in [0.15, 0.2) is 0 Å². The van der Waals surface area contributed by atoms with Crippen LogP contribution < -0.4 is 14.8 Å². The van der Waals surface area contributed by atoms with Crippen LogP contribution in [0.3, 0.4) is 0 Å². The Labute approximate surface area is 233 Å². The number of morpholine rings is 1. The van der Waals surface area contributed by atoms with Crippen molar-refractivity contribution in [3.05, 3.63) is 66.4 Å². The van der Waals surface area contributed by atoms with E-state index < -0.39 is 16.1 Å². The molecule has 1 aliphatic heterocycles. The summed E-state index contributed by atoms with van der Waals surface area (Å²) in [4.78, 5) is 18.1. The molecule has 0 bridgehead atoms. The van der Waals surface area contributed by atoms with Gasteiger partial charge in [0.05, 0.1) is 29.9 Å². The van der Waals surface area contributed by atoms with Gasteiger partial charge in [-0.2, -0.15) is 0 Å². The number of amides is 1. The van der Waals surface area contributed by atoms with Crippen LogP contribution in [0.25, 0.3) is 22.2 Å². The van der Waals surface area contributed by atoms with Gasteiger partial charge in [0.1, 0.15) is 5.76 Å². The fraction of sp³-hybridized carbons (Fsp3) is 0.345. The number of nitrogens with zero attached hydrogens (tertiary/aromatic N) is 1. The standard InChI is InChI=1S/C29H34N4O6S/c1-29(2,3)20-6-9-22(10-7-20)40(35,36)32-21-8-11-24-23(19-21)26(25-5-4-16-38-25)27(31-24)39-28(34)30-12-13-33-14-17-37-18-15-33/h4-11,16,19,31-32H,12-15,17-18H2,1-3H3,(H,30,34). The summed E-state index contributed by atoms with van der Waals surface area (Å²) >= 11 is 0. The zero-order valence-electron chi connectivity index (χ0n) is 22.8. The molecule has 0 saturated carbocycles. The molecular weight excluding hydrogens is 532 g/mol. The molecule has 3 heterocycles. The predicted octanol–water partition coefficient (Wildman–Crippen LogP) is 4.95. The van der Waals surface area contributed by atoms with Crippen molar-refractivity contribution in [1.82, 2.24) is 15.2 Å². The number of hydrogen-bond donors (Lipinski definition) is 3. The molecule has 0 atom stereocenters. The number of aromatic amines is 1. The lowest BCUT2D eigenvalue weighted by Crippen LogP contribution is -2.41. The zero-order chi connectivity index (χ0) is 28.3. The first-order valence-corrected chi connectivity index (χ1v) is 14.7. The molecule has 0 radical (unpaired) electrons. The Bertz CT molecular complexity index is 1570. The summed E-state index contributed by atoms with van der Waals surface area (Å²) in [6.07, 6.45) is 0.918. The van der Waals surface area contributed by atoms with Gasteiger partial charge < -0.3 is 24.2 Å². The largest absolute Gasteiger partial charge is 0.464 e. The average Bonchev–Trinajstić information content (AvgIpc) is 3.56. The number of sulfonamides is 1. The lowest BCUT2D eigenvalue weighted by Gasteiger charge is -2.26. The average molecular weight is 567 g/mol. The van der Waals surface area contributed by atoms with Crippen molar-refractivity contribution in [3.63, 3.8) is 0 Å². The van der Waals surface area contributed by atoms with Gasteiger partial charge in [-0.1, -0.05) is 32.9 Å². The van der Waals surface area contributed by atoms with Crippen LogP contribution in [0.15, 0.2) is 70.2 Å². The minimum atomic E-state index is -3.83. The fourth-order valence-corrected chi connectivity index (χ4v) is 5.64. The normalized spacial score (nSPS) is 14.8. The van der Waals surface area contributed by atoms with Crippen LogP contribution in [0.1, 0.15) is 26.3 Å². The molecule has 11 heteroatoms. The highest BCUT2D eigenvalue weighted by Crippen LogP contribution is 2.39. The van der Waals surface area contributed by atoms with E-state index in [1.807, 2.05) is 12.1 Å². The molecule has 0 aliphatic carbocycles. The maximum Gasteiger partial charge on any atom is 0.413 e. The molecule has 1 fully saturated rings. The van der Waals surface area contributed by atoms with Gasteiger partial charge >= 0.3 is 6.09 Å². The Kier molecular flexibility index (Phi) is 7.88. The summed E-state index contributed by atoms with van der Waals surface area (Å²) < 4.78 is 45.6. The maximum absolute atomic E-state index is 13.2. The SMILES string of the molecule is CC(C)(C)c1ccc(S(=O)(=O)Nc2ccc3[nH]c(OC(=O)NCCN4CCOCC4)c(-c4ccco4)c3c2)cc1. The van der Waals surface area contributed by atoms with E-state index in [0.717, 1.165) is 18.7 Å². The van der Waals surface area contributed by atoms with Gasteiger partial charge in [0, 0.05) is 42.8 Å². The van der Waals surface area contributed by atoms with Crippen molar-refractivity contribution in [3.8, 4) is 17.2 Å². The van der Waals surface area contributed by atoms with Gasteiger partial charge in [0.2, 0.25) is 5.88 Å². The number of benzene rings is 2. The van der Waals surface area contributed by atoms with E-state index in [-0.39, 0.29) is 16.2 Å². The Balaban J connectivity index is 1.36. The van der Waals surface area contributed by atoms with Crippen LogP contribution in [0, 0.1) is 0 Å². The molecule has 10 nitrogen and oxygen atoms in total. The van der Waals surface area contributed by atoms with Crippen molar-refractivity contribution < 1.29 is 27.1 Å². The monoisotopic (exact) mass is 566 g/mol. The van der Waals surface area contributed by atoms with Crippen molar-refractivity contribution in [2.24, 2.45) is 0 Å². The van der Waals surface area contributed by atoms with Crippen LogP contribution in [0.2, 0.25) is 0 Å². The maximum atomic E-state index is 13.2. The minimum Gasteiger partial charge on any atom is -0.464 e. The van der Waals surface area contributed by atoms with Gasteiger partial charge in [-0.3, -0.25) is 9.62 Å². The van der Waals surface area contributed by atoms with E-state index in [4.69, 9.17) is 13.9 Å². The number of furan rings is 1. The number of carbonyl (C=O) groups is 1. The minimum absolute atomic E-state index is 0.0866. The van der Waals surface area contributed by atoms with Gasteiger partial charge in [-0.05, 0) is 53.4 Å². The number of rotatable bonds is 8. The fourth-order valence-electron chi connectivity index (χ4n) is 4.59. The molecule has 1 amide bonds. The number of aromatic nitrogens is 1. The number of hydrogen-bond acceptors (Lipinski definition) is 7. The van der Waals surface area contributed by atoms with Crippen molar-refractivity contribution in [2.75, 3.05) is 44.1 Å². The third kappa shape index (κ3) is 6.33. The summed E-state index contributed by atoms with van der Waals surface area (Å²) in [7, 11) is -3.83. The molecule has 4 aromatic rings. The molecule has 212 valence electrons. The van der Waals surface area contributed by atoms with Crippen molar-refractivity contribution in [2.45, 2.75) is 31.1 Å². The number of fused-ring (bicyclic) bond motifs is 1. The number of carbonyl (C=O) groups excluding carboxylic acids is 1. The Hall–Kier alpha value is -3.80.